The van der Waals surface area contributed by atoms with E-state index in [0.29, 0.717) is 35.5 Å². The van der Waals surface area contributed by atoms with Crippen molar-refractivity contribution in [1.82, 2.24) is 0 Å². The molecular weight excluding hydrogens is 431 g/mol. The van der Waals surface area contributed by atoms with Crippen LogP contribution >= 0.6 is 0 Å². The fourth-order valence-corrected chi connectivity index (χ4v) is 5.03. The molecule has 0 radical (unpaired) electrons. The quantitative estimate of drug-likeness (QED) is 0.546. The number of aryl methyl sites for hydroxylation is 1. The van der Waals surface area contributed by atoms with Gasteiger partial charge in [0.1, 0.15) is 11.6 Å². The van der Waals surface area contributed by atoms with Gasteiger partial charge in [0.15, 0.2) is 0 Å². The van der Waals surface area contributed by atoms with Crippen molar-refractivity contribution in [1.29, 1.82) is 0 Å². The van der Waals surface area contributed by atoms with Crippen molar-refractivity contribution in [3.63, 3.8) is 0 Å². The van der Waals surface area contributed by atoms with Gasteiger partial charge in [-0.1, -0.05) is 30.3 Å². The zero-order valence-corrected chi connectivity index (χ0v) is 18.5. The number of carbonyl (C=O) groups excluding carboxylic acids is 1. The average molecular weight is 455 g/mol. The van der Waals surface area contributed by atoms with Crippen LogP contribution in [0.3, 0.4) is 0 Å². The van der Waals surface area contributed by atoms with E-state index in [1.54, 1.807) is 55.5 Å². The minimum absolute atomic E-state index is 0.0489. The molecule has 0 aromatic heterocycles. The van der Waals surface area contributed by atoms with Gasteiger partial charge in [-0.15, -0.1) is 0 Å². The molecule has 3 aromatic rings. The number of benzene rings is 3. The van der Waals surface area contributed by atoms with Crippen LogP contribution in [0, 0.1) is 12.7 Å². The summed E-state index contributed by atoms with van der Waals surface area (Å²) >= 11 is 0. The summed E-state index contributed by atoms with van der Waals surface area (Å²) in [5, 5.41) is 2.83. The third-order valence-electron chi connectivity index (χ3n) is 5.67. The van der Waals surface area contributed by atoms with E-state index < -0.39 is 15.4 Å². The van der Waals surface area contributed by atoms with Gasteiger partial charge in [-0.05, 0) is 67.3 Å². The van der Waals surface area contributed by atoms with Gasteiger partial charge in [0.05, 0.1) is 23.1 Å². The third-order valence-corrected chi connectivity index (χ3v) is 7.18. The van der Waals surface area contributed by atoms with Crippen molar-refractivity contribution in [2.45, 2.75) is 30.1 Å². The average Bonchev–Trinajstić information content (AvgIpc) is 3.58. The van der Waals surface area contributed by atoms with Crippen LogP contribution in [0.1, 0.15) is 24.0 Å². The second kappa shape index (κ2) is 8.27. The van der Waals surface area contributed by atoms with Crippen LogP contribution in [-0.4, -0.2) is 21.4 Å². The SMILES string of the molecule is COc1ccccc1NS(=O)(=O)c1cc(NC(=O)C2(c3ccc(F)cc3)CC2)ccc1C. The Hall–Kier alpha value is -3.39. The Kier molecular flexibility index (Phi) is 5.64. The standard InChI is InChI=1S/C24H23FN2O4S/c1-16-7-12-19(26-23(28)24(13-14-24)17-8-10-18(25)11-9-17)15-22(16)32(29,30)27-20-5-3-4-6-21(20)31-2/h3-12,15,27H,13-14H2,1-2H3,(H,26,28). The van der Waals surface area contributed by atoms with Crippen LogP contribution in [0.25, 0.3) is 0 Å². The number of hydrogen-bond donors (Lipinski definition) is 2. The number of nitrogens with one attached hydrogen (secondary N) is 2. The molecule has 0 saturated heterocycles. The highest BCUT2D eigenvalue weighted by Crippen LogP contribution is 2.49. The van der Waals surface area contributed by atoms with E-state index in [1.165, 1.54) is 25.3 Å². The minimum atomic E-state index is -3.93. The molecule has 1 aliphatic carbocycles. The minimum Gasteiger partial charge on any atom is -0.495 e. The number of anilines is 2. The van der Waals surface area contributed by atoms with Crippen molar-refractivity contribution in [2.75, 3.05) is 17.1 Å². The smallest absolute Gasteiger partial charge is 0.262 e. The first-order chi connectivity index (χ1) is 15.2. The number of ether oxygens (including phenoxy) is 1. The number of rotatable bonds is 7. The predicted molar refractivity (Wildman–Crippen MR) is 121 cm³/mol. The van der Waals surface area contributed by atoms with Crippen molar-refractivity contribution < 1.29 is 22.3 Å². The van der Waals surface area contributed by atoms with Crippen LogP contribution < -0.4 is 14.8 Å². The highest BCUT2D eigenvalue weighted by molar-refractivity contribution is 7.92. The number of methoxy groups -OCH3 is 1. The maximum absolute atomic E-state index is 13.3. The normalized spacial score (nSPS) is 14.5. The summed E-state index contributed by atoms with van der Waals surface area (Å²) in [5.41, 5.74) is 1.25. The summed E-state index contributed by atoms with van der Waals surface area (Å²) in [7, 11) is -2.47. The fraction of sp³-hybridized carbons (Fsp3) is 0.208. The number of para-hydroxylation sites is 2. The molecule has 6 nitrogen and oxygen atoms in total. The van der Waals surface area contributed by atoms with Crippen LogP contribution in [0.2, 0.25) is 0 Å². The highest BCUT2D eigenvalue weighted by Gasteiger charge is 2.51. The largest absolute Gasteiger partial charge is 0.495 e. The number of hydrogen-bond acceptors (Lipinski definition) is 4. The molecule has 3 aromatic carbocycles. The molecule has 166 valence electrons. The molecule has 0 unspecified atom stereocenters. The second-order valence-corrected chi connectivity index (χ2v) is 9.48. The maximum atomic E-state index is 13.3. The van der Waals surface area contributed by atoms with E-state index in [0.717, 1.165) is 5.56 Å². The van der Waals surface area contributed by atoms with E-state index in [1.807, 2.05) is 0 Å². The van der Waals surface area contributed by atoms with E-state index in [9.17, 15) is 17.6 Å². The van der Waals surface area contributed by atoms with Gasteiger partial charge >= 0.3 is 0 Å². The first kappa shape index (κ1) is 21.8. The van der Waals surface area contributed by atoms with Crippen LogP contribution in [0.4, 0.5) is 15.8 Å². The van der Waals surface area contributed by atoms with Gasteiger partial charge in [-0.3, -0.25) is 9.52 Å². The topological polar surface area (TPSA) is 84.5 Å². The van der Waals surface area contributed by atoms with Crippen LogP contribution in [0.15, 0.2) is 71.6 Å². The van der Waals surface area contributed by atoms with E-state index in [-0.39, 0.29) is 16.6 Å². The number of carbonyl (C=O) groups is 1. The monoisotopic (exact) mass is 454 g/mol. The maximum Gasteiger partial charge on any atom is 0.262 e. The molecule has 0 heterocycles. The lowest BCUT2D eigenvalue weighted by atomic mass is 9.95. The molecule has 1 saturated carbocycles. The van der Waals surface area contributed by atoms with E-state index >= 15 is 0 Å². The number of halogens is 1. The Balaban J connectivity index is 1.59. The first-order valence-electron chi connectivity index (χ1n) is 10.1. The third kappa shape index (κ3) is 4.18. The summed E-state index contributed by atoms with van der Waals surface area (Å²) in [6, 6.07) is 17.4. The zero-order chi connectivity index (χ0) is 22.9. The predicted octanol–water partition coefficient (Wildman–Crippen LogP) is 4.61. The second-order valence-electron chi connectivity index (χ2n) is 7.83. The van der Waals surface area contributed by atoms with Gasteiger partial charge in [0.25, 0.3) is 10.0 Å². The number of amides is 1. The summed E-state index contributed by atoms with van der Waals surface area (Å²) in [6.45, 7) is 1.68. The molecule has 2 N–H and O–H groups in total. The van der Waals surface area contributed by atoms with Crippen molar-refractivity contribution in [2.24, 2.45) is 0 Å². The molecule has 1 aliphatic rings. The van der Waals surface area contributed by atoms with Crippen LogP contribution in [0.5, 0.6) is 5.75 Å². The van der Waals surface area contributed by atoms with Crippen molar-refractivity contribution in [3.8, 4) is 5.75 Å². The Morgan fingerprint density at radius 2 is 1.72 bits per heavy atom. The van der Waals surface area contributed by atoms with Crippen molar-refractivity contribution >= 4 is 27.3 Å². The Bertz CT molecular complexity index is 1270. The molecule has 8 heteroatoms. The lowest BCUT2D eigenvalue weighted by Crippen LogP contribution is -2.28. The summed E-state index contributed by atoms with van der Waals surface area (Å²) in [5.74, 6) is -0.206. The molecule has 0 aliphatic heterocycles. The molecule has 1 fully saturated rings. The number of sulfonamides is 1. The molecule has 1 amide bonds. The summed E-state index contributed by atoms with van der Waals surface area (Å²) < 4.78 is 47.2. The van der Waals surface area contributed by atoms with E-state index in [2.05, 4.69) is 10.0 Å². The first-order valence-corrected chi connectivity index (χ1v) is 11.6. The van der Waals surface area contributed by atoms with Gasteiger partial charge in [-0.25, -0.2) is 12.8 Å². The molecule has 4 rings (SSSR count). The Labute approximate surface area is 186 Å². The fourth-order valence-electron chi connectivity index (χ4n) is 3.69. The molecule has 32 heavy (non-hydrogen) atoms. The lowest BCUT2D eigenvalue weighted by Gasteiger charge is -2.17. The lowest BCUT2D eigenvalue weighted by molar-refractivity contribution is -0.118. The summed E-state index contributed by atoms with van der Waals surface area (Å²) in [6.07, 6.45) is 1.30. The van der Waals surface area contributed by atoms with Gasteiger partial charge in [0, 0.05) is 5.69 Å². The van der Waals surface area contributed by atoms with E-state index in [4.69, 9.17) is 4.74 Å². The Morgan fingerprint density at radius 3 is 2.38 bits per heavy atom. The van der Waals surface area contributed by atoms with Gasteiger partial charge < -0.3 is 10.1 Å². The zero-order valence-electron chi connectivity index (χ0n) is 17.7. The van der Waals surface area contributed by atoms with Gasteiger partial charge in [0.2, 0.25) is 5.91 Å². The molecule has 0 atom stereocenters. The van der Waals surface area contributed by atoms with Gasteiger partial charge in [-0.2, -0.15) is 0 Å². The Morgan fingerprint density at radius 1 is 1.03 bits per heavy atom. The molecule has 0 spiro atoms. The highest BCUT2D eigenvalue weighted by atomic mass is 32.2. The van der Waals surface area contributed by atoms with Crippen LogP contribution in [-0.2, 0) is 20.2 Å². The molecule has 0 bridgehead atoms. The molecular formula is C24H23FN2O4S. The summed E-state index contributed by atoms with van der Waals surface area (Å²) in [4.78, 5) is 13.1. The van der Waals surface area contributed by atoms with Crippen molar-refractivity contribution in [3.05, 3.63) is 83.7 Å².